The van der Waals surface area contributed by atoms with Crippen LogP contribution in [0.1, 0.15) is 49.3 Å². The van der Waals surface area contributed by atoms with Gasteiger partial charge in [0.2, 0.25) is 17.7 Å². The third-order valence-corrected chi connectivity index (χ3v) is 10.1. The highest BCUT2D eigenvalue weighted by Gasteiger charge is 2.65. The number of ketones is 1. The van der Waals surface area contributed by atoms with Gasteiger partial charge in [-0.25, -0.2) is 4.79 Å². The van der Waals surface area contributed by atoms with Crippen LogP contribution in [-0.4, -0.2) is 91.4 Å². The second-order valence-electron chi connectivity index (χ2n) is 12.9. The van der Waals surface area contributed by atoms with E-state index in [-0.39, 0.29) is 36.8 Å². The molecule has 47 heavy (non-hydrogen) atoms. The largest absolute Gasteiger partial charge is 0.493 e. The molecular formula is C34H41N5O8. The third-order valence-electron chi connectivity index (χ3n) is 10.1. The van der Waals surface area contributed by atoms with E-state index in [4.69, 9.17) is 19.9 Å². The Balaban J connectivity index is 1.05. The molecule has 0 aromatic heterocycles. The van der Waals surface area contributed by atoms with Gasteiger partial charge in [-0.05, 0) is 61.1 Å². The molecule has 4 amide bonds. The first-order valence-electron chi connectivity index (χ1n) is 16.0. The number of nitrogens with two attached hydrogens (primary N) is 1. The summed E-state index contributed by atoms with van der Waals surface area (Å²) in [7, 11) is 3.19. The molecular weight excluding hydrogens is 606 g/mol. The van der Waals surface area contributed by atoms with Crippen LogP contribution < -0.4 is 30.6 Å². The first-order chi connectivity index (χ1) is 22.5. The van der Waals surface area contributed by atoms with Gasteiger partial charge in [0.1, 0.15) is 11.8 Å². The van der Waals surface area contributed by atoms with Gasteiger partial charge in [-0.3, -0.25) is 24.1 Å². The highest BCUT2D eigenvalue weighted by molar-refractivity contribution is 5.91. The van der Waals surface area contributed by atoms with E-state index in [1.54, 1.807) is 26.3 Å². The summed E-state index contributed by atoms with van der Waals surface area (Å²) in [6, 6.07) is 10.7. The monoisotopic (exact) mass is 647 g/mol. The predicted molar refractivity (Wildman–Crippen MR) is 169 cm³/mol. The Morgan fingerprint density at radius 1 is 1.17 bits per heavy atom. The van der Waals surface area contributed by atoms with Gasteiger partial charge in [-0.15, -0.1) is 0 Å². The molecule has 1 saturated heterocycles. The van der Waals surface area contributed by atoms with Gasteiger partial charge in [0.15, 0.2) is 23.4 Å². The molecule has 2 aromatic carbocycles. The highest BCUT2D eigenvalue weighted by atomic mass is 16.6. The number of hydrogen-bond acceptors (Lipinski definition) is 9. The Hall–Kier alpha value is -4.65. The molecule has 6 rings (SSSR count). The molecule has 1 saturated carbocycles. The normalized spacial score (nSPS) is 24.3. The summed E-state index contributed by atoms with van der Waals surface area (Å²) in [6.45, 7) is 3.03. The number of carbonyl (C=O) groups is 5. The lowest BCUT2D eigenvalue weighted by Gasteiger charge is -2.57. The first-order valence-corrected chi connectivity index (χ1v) is 16.0. The molecule has 1 spiro atoms. The Bertz CT molecular complexity index is 1580. The van der Waals surface area contributed by atoms with Crippen molar-refractivity contribution in [1.29, 1.82) is 0 Å². The van der Waals surface area contributed by atoms with Crippen molar-refractivity contribution in [2.75, 3.05) is 33.8 Å². The standard InChI is InChI=1S/C34H41N5O8/c1-19(40)37-24(17-28(35)42)32(43)36-13-15-38(2)33(44)46-22-7-4-20(5-8-22)18-39-14-12-34-23-9-10-26(41)31(34)47-30-27(45-3)11-6-21(29(30)34)16-25(23)39/h4-8,11,23-25,31H,9-10,12-18H2,1-3H3,(H2,35,42)(H,36,43)(H,37,40)/t23-,24-,25?,31-,34-/m0/s1. The molecule has 1 unspecified atom stereocenters. The zero-order valence-electron chi connectivity index (χ0n) is 26.9. The molecule has 2 aliphatic carbocycles. The number of carbonyl (C=O) groups excluding carboxylic acids is 5. The SMILES string of the molecule is COc1ccc2c3c1O[C@H]1C(=O)CC[C@H]4C(C2)N(Cc2ccc(OC(=O)N(C)CCNC(=O)[C@H](CC(N)=O)NC(C)=O)cc2)CC[C@]314. The van der Waals surface area contributed by atoms with Crippen molar-refractivity contribution in [1.82, 2.24) is 20.4 Å². The molecule has 2 heterocycles. The van der Waals surface area contributed by atoms with Crippen LogP contribution in [0.25, 0.3) is 0 Å². The number of benzene rings is 2. The van der Waals surface area contributed by atoms with Crippen molar-refractivity contribution >= 4 is 29.6 Å². The Morgan fingerprint density at radius 2 is 1.94 bits per heavy atom. The number of amides is 4. The summed E-state index contributed by atoms with van der Waals surface area (Å²) in [6.07, 6.45) is 1.75. The van der Waals surface area contributed by atoms with Crippen LogP contribution in [0.15, 0.2) is 36.4 Å². The molecule has 13 nitrogen and oxygen atoms in total. The lowest BCUT2D eigenvalue weighted by Crippen LogP contribution is -2.65. The van der Waals surface area contributed by atoms with Crippen LogP contribution in [0.4, 0.5) is 4.79 Å². The molecule has 2 fully saturated rings. The zero-order valence-corrected chi connectivity index (χ0v) is 26.9. The predicted octanol–water partition coefficient (Wildman–Crippen LogP) is 1.43. The minimum atomic E-state index is -1.08. The van der Waals surface area contributed by atoms with E-state index in [9.17, 15) is 24.0 Å². The quantitative estimate of drug-likeness (QED) is 0.327. The topological polar surface area (TPSA) is 170 Å². The van der Waals surface area contributed by atoms with Crippen molar-refractivity contribution in [2.45, 2.75) is 69.2 Å². The summed E-state index contributed by atoms with van der Waals surface area (Å²) in [5.74, 6) is 0.603. The summed E-state index contributed by atoms with van der Waals surface area (Å²) in [5.41, 5.74) is 8.41. The number of likely N-dealkylation sites (N-methyl/N-ethyl adjacent to an activating group) is 1. The Kier molecular flexibility index (Phi) is 8.84. The van der Waals surface area contributed by atoms with E-state index in [0.29, 0.717) is 23.8 Å². The van der Waals surface area contributed by atoms with E-state index in [1.807, 2.05) is 18.2 Å². The number of rotatable bonds is 11. The molecule has 250 valence electrons. The number of hydrogen-bond donors (Lipinski definition) is 3. The van der Waals surface area contributed by atoms with Crippen LogP contribution in [0.5, 0.6) is 17.2 Å². The maximum absolute atomic E-state index is 13.1. The van der Waals surface area contributed by atoms with Crippen LogP contribution in [0.3, 0.4) is 0 Å². The van der Waals surface area contributed by atoms with E-state index >= 15 is 0 Å². The molecule has 4 aliphatic rings. The van der Waals surface area contributed by atoms with Crippen molar-refractivity contribution in [3.8, 4) is 17.2 Å². The van der Waals surface area contributed by atoms with Gasteiger partial charge in [0, 0.05) is 57.0 Å². The second-order valence-corrected chi connectivity index (χ2v) is 12.9. The maximum atomic E-state index is 13.1. The minimum absolute atomic E-state index is 0.0812. The van der Waals surface area contributed by atoms with E-state index in [2.05, 4.69) is 21.6 Å². The molecule has 0 radical (unpaired) electrons. The number of methoxy groups -OCH3 is 1. The van der Waals surface area contributed by atoms with Crippen LogP contribution in [0.2, 0.25) is 0 Å². The van der Waals surface area contributed by atoms with E-state index in [0.717, 1.165) is 43.7 Å². The van der Waals surface area contributed by atoms with Gasteiger partial charge in [0.05, 0.1) is 13.5 Å². The lowest BCUT2D eigenvalue weighted by molar-refractivity contribution is -0.139. The molecule has 2 aromatic rings. The van der Waals surface area contributed by atoms with E-state index in [1.165, 1.54) is 23.0 Å². The number of likely N-dealkylation sites (tertiary alicyclic amines) is 1. The van der Waals surface area contributed by atoms with E-state index < -0.39 is 36.0 Å². The van der Waals surface area contributed by atoms with Crippen molar-refractivity contribution < 1.29 is 38.2 Å². The van der Waals surface area contributed by atoms with Gasteiger partial charge >= 0.3 is 6.09 Å². The summed E-state index contributed by atoms with van der Waals surface area (Å²) >= 11 is 0. The van der Waals surface area contributed by atoms with Crippen molar-refractivity contribution in [2.24, 2.45) is 11.7 Å². The van der Waals surface area contributed by atoms with Gasteiger partial charge in [0.25, 0.3) is 0 Å². The fraction of sp³-hybridized carbons (Fsp3) is 0.500. The van der Waals surface area contributed by atoms with Gasteiger partial charge in [-0.2, -0.15) is 0 Å². The van der Waals surface area contributed by atoms with Gasteiger partial charge < -0.3 is 35.5 Å². The van der Waals surface area contributed by atoms with Crippen molar-refractivity contribution in [3.05, 3.63) is 53.1 Å². The lowest BCUT2D eigenvalue weighted by atomic mass is 9.51. The third kappa shape index (κ3) is 5.99. The molecule has 2 aliphatic heterocycles. The number of nitrogens with zero attached hydrogens (tertiary/aromatic N) is 2. The second kappa shape index (κ2) is 12.9. The number of primary amides is 1. The number of Topliss-reactive ketones (excluding diaryl/α,β-unsaturated/α-hetero) is 1. The fourth-order valence-corrected chi connectivity index (χ4v) is 8.05. The summed E-state index contributed by atoms with van der Waals surface area (Å²) < 4.78 is 17.6. The van der Waals surface area contributed by atoms with Gasteiger partial charge in [-0.1, -0.05) is 18.2 Å². The Morgan fingerprint density at radius 3 is 2.64 bits per heavy atom. The fourth-order valence-electron chi connectivity index (χ4n) is 8.05. The average molecular weight is 648 g/mol. The Labute approximate surface area is 273 Å². The smallest absolute Gasteiger partial charge is 0.415 e. The summed E-state index contributed by atoms with van der Waals surface area (Å²) in [4.78, 5) is 64.6. The maximum Gasteiger partial charge on any atom is 0.415 e. The first kappa shape index (κ1) is 32.3. The van der Waals surface area contributed by atoms with Crippen LogP contribution in [-0.2, 0) is 37.6 Å². The van der Waals surface area contributed by atoms with Crippen LogP contribution in [0, 0.1) is 5.92 Å². The summed E-state index contributed by atoms with van der Waals surface area (Å²) in [5, 5.41) is 4.98. The average Bonchev–Trinajstić information content (AvgIpc) is 3.39. The molecule has 2 bridgehead atoms. The van der Waals surface area contributed by atoms with Crippen molar-refractivity contribution in [3.63, 3.8) is 0 Å². The van der Waals surface area contributed by atoms with Crippen LogP contribution >= 0.6 is 0 Å². The molecule has 5 atom stereocenters. The molecule has 13 heteroatoms. The molecule has 4 N–H and O–H groups in total. The number of ether oxygens (including phenoxy) is 3. The zero-order chi connectivity index (χ0) is 33.5. The highest BCUT2D eigenvalue weighted by Crippen LogP contribution is 2.63. The number of piperidine rings is 1. The minimum Gasteiger partial charge on any atom is -0.493 e. The number of nitrogens with one attached hydrogen (secondary N) is 2.